The van der Waals surface area contributed by atoms with Gasteiger partial charge in [0.1, 0.15) is 5.75 Å². The fourth-order valence-electron chi connectivity index (χ4n) is 2.48. The number of nitrogens with zero attached hydrogens (tertiary/aromatic N) is 1. The van der Waals surface area contributed by atoms with Crippen LogP contribution in [0.4, 0.5) is 0 Å². The zero-order chi connectivity index (χ0) is 15.2. The van der Waals surface area contributed by atoms with Gasteiger partial charge in [-0.3, -0.25) is 0 Å². The van der Waals surface area contributed by atoms with Crippen LogP contribution in [0.15, 0.2) is 36.5 Å². The number of hydrogen-bond acceptors (Lipinski definition) is 2. The van der Waals surface area contributed by atoms with Crippen LogP contribution in [0.25, 0.3) is 0 Å². The molecule has 1 unspecified atom stereocenters. The van der Waals surface area contributed by atoms with Crippen molar-refractivity contribution in [3.63, 3.8) is 0 Å². The Morgan fingerprint density at radius 3 is 2.86 bits per heavy atom. The molecule has 1 aromatic carbocycles. The predicted molar refractivity (Wildman–Crippen MR) is 88.2 cm³/mol. The van der Waals surface area contributed by atoms with Crippen molar-refractivity contribution in [2.24, 2.45) is 0 Å². The Hall–Kier alpha value is -1.45. The summed E-state index contributed by atoms with van der Waals surface area (Å²) in [6.45, 7) is 6.14. The van der Waals surface area contributed by atoms with E-state index in [1.807, 2.05) is 18.2 Å². The maximum absolute atomic E-state index is 6.11. The van der Waals surface area contributed by atoms with Crippen molar-refractivity contribution in [3.8, 4) is 5.75 Å². The third-order valence-corrected chi connectivity index (χ3v) is 3.83. The number of nitrogens with one attached hydrogen (secondary N) is 1. The van der Waals surface area contributed by atoms with Gasteiger partial charge in [-0.25, -0.2) is 0 Å². The number of ether oxygens (including phenoxy) is 1. The van der Waals surface area contributed by atoms with Gasteiger partial charge in [0.2, 0.25) is 0 Å². The lowest BCUT2D eigenvalue weighted by atomic mass is 10.1. The highest BCUT2D eigenvalue weighted by atomic mass is 35.5. The topological polar surface area (TPSA) is 26.2 Å². The van der Waals surface area contributed by atoms with Gasteiger partial charge in [0, 0.05) is 28.5 Å². The van der Waals surface area contributed by atoms with Crippen LogP contribution in [0.5, 0.6) is 5.75 Å². The van der Waals surface area contributed by atoms with E-state index in [4.69, 9.17) is 16.3 Å². The third-order valence-electron chi connectivity index (χ3n) is 3.59. The van der Waals surface area contributed by atoms with E-state index in [1.165, 1.54) is 5.69 Å². The van der Waals surface area contributed by atoms with E-state index in [0.29, 0.717) is 6.04 Å². The SMILES string of the molecule is CCCNC(C)c1cccn1Cc1cc(Cl)ccc1OC. The summed E-state index contributed by atoms with van der Waals surface area (Å²) in [5.41, 5.74) is 2.36. The summed E-state index contributed by atoms with van der Waals surface area (Å²) in [5, 5.41) is 4.26. The molecule has 0 saturated heterocycles. The highest BCUT2D eigenvalue weighted by molar-refractivity contribution is 6.30. The number of methoxy groups -OCH3 is 1. The van der Waals surface area contributed by atoms with Gasteiger partial charge in [-0.1, -0.05) is 18.5 Å². The quantitative estimate of drug-likeness (QED) is 0.827. The summed E-state index contributed by atoms with van der Waals surface area (Å²) in [6.07, 6.45) is 3.23. The van der Waals surface area contributed by atoms with E-state index >= 15 is 0 Å². The molecule has 3 nitrogen and oxygen atoms in total. The minimum absolute atomic E-state index is 0.324. The molecule has 0 amide bonds. The van der Waals surface area contributed by atoms with E-state index in [0.717, 1.165) is 35.8 Å². The number of rotatable bonds is 7. The number of halogens is 1. The molecule has 1 heterocycles. The monoisotopic (exact) mass is 306 g/mol. The Labute approximate surface area is 131 Å². The Morgan fingerprint density at radius 1 is 1.33 bits per heavy atom. The minimum atomic E-state index is 0.324. The average Bonchev–Trinajstić information content (AvgIpc) is 2.93. The standard InChI is InChI=1S/C17H23ClN2O/c1-4-9-19-13(2)16-6-5-10-20(16)12-14-11-15(18)7-8-17(14)21-3/h5-8,10-11,13,19H,4,9,12H2,1-3H3. The molecular weight excluding hydrogens is 284 g/mol. The van der Waals surface area contributed by atoms with Crippen LogP contribution in [0, 0.1) is 0 Å². The Balaban J connectivity index is 2.21. The molecule has 1 atom stereocenters. The first kappa shape index (κ1) is 15.9. The van der Waals surface area contributed by atoms with Crippen molar-refractivity contribution in [2.45, 2.75) is 32.9 Å². The van der Waals surface area contributed by atoms with Crippen LogP contribution >= 0.6 is 11.6 Å². The average molecular weight is 307 g/mol. The first-order valence-electron chi connectivity index (χ1n) is 7.36. The van der Waals surface area contributed by atoms with E-state index < -0.39 is 0 Å². The van der Waals surface area contributed by atoms with Crippen LogP contribution in [0.3, 0.4) is 0 Å². The Morgan fingerprint density at radius 2 is 2.14 bits per heavy atom. The molecule has 0 radical (unpaired) electrons. The smallest absolute Gasteiger partial charge is 0.123 e. The number of hydrogen-bond donors (Lipinski definition) is 1. The summed E-state index contributed by atoms with van der Waals surface area (Å²) >= 11 is 6.11. The van der Waals surface area contributed by atoms with Gasteiger partial charge in [-0.15, -0.1) is 0 Å². The summed E-state index contributed by atoms with van der Waals surface area (Å²) < 4.78 is 7.66. The van der Waals surface area contributed by atoms with Crippen LogP contribution in [-0.2, 0) is 6.54 Å². The molecule has 1 N–H and O–H groups in total. The Kier molecular flexibility index (Phi) is 5.71. The van der Waals surface area contributed by atoms with Gasteiger partial charge >= 0.3 is 0 Å². The minimum Gasteiger partial charge on any atom is -0.496 e. The molecule has 0 spiro atoms. The number of aromatic nitrogens is 1. The van der Waals surface area contributed by atoms with Crippen LogP contribution in [-0.4, -0.2) is 18.2 Å². The molecule has 0 aliphatic carbocycles. The summed E-state index contributed by atoms with van der Waals surface area (Å²) in [5.74, 6) is 0.869. The summed E-state index contributed by atoms with van der Waals surface area (Å²) in [7, 11) is 1.69. The fraction of sp³-hybridized carbons (Fsp3) is 0.412. The van der Waals surface area contributed by atoms with Crippen molar-refractivity contribution < 1.29 is 4.74 Å². The molecule has 1 aromatic heterocycles. The first-order valence-corrected chi connectivity index (χ1v) is 7.74. The van der Waals surface area contributed by atoms with Crippen molar-refractivity contribution in [1.29, 1.82) is 0 Å². The highest BCUT2D eigenvalue weighted by Gasteiger charge is 2.11. The zero-order valence-corrected chi connectivity index (χ0v) is 13.7. The second-order valence-electron chi connectivity index (χ2n) is 5.19. The third kappa shape index (κ3) is 4.02. The maximum atomic E-state index is 6.11. The van der Waals surface area contributed by atoms with Crippen molar-refractivity contribution in [2.75, 3.05) is 13.7 Å². The molecule has 0 aliphatic heterocycles. The van der Waals surface area contributed by atoms with Crippen LogP contribution in [0.1, 0.15) is 37.6 Å². The molecule has 2 rings (SSSR count). The van der Waals surface area contributed by atoms with E-state index in [1.54, 1.807) is 7.11 Å². The van der Waals surface area contributed by atoms with Gasteiger partial charge in [-0.05, 0) is 50.2 Å². The van der Waals surface area contributed by atoms with Crippen molar-refractivity contribution in [3.05, 3.63) is 52.8 Å². The zero-order valence-electron chi connectivity index (χ0n) is 12.9. The molecule has 114 valence electrons. The largest absolute Gasteiger partial charge is 0.496 e. The second-order valence-corrected chi connectivity index (χ2v) is 5.63. The lowest BCUT2D eigenvalue weighted by molar-refractivity contribution is 0.407. The molecule has 0 saturated carbocycles. The van der Waals surface area contributed by atoms with Crippen LogP contribution in [0.2, 0.25) is 5.02 Å². The molecule has 0 bridgehead atoms. The van der Waals surface area contributed by atoms with E-state index in [2.05, 4.69) is 42.1 Å². The maximum Gasteiger partial charge on any atom is 0.123 e. The molecule has 0 aliphatic rings. The van der Waals surface area contributed by atoms with E-state index in [9.17, 15) is 0 Å². The van der Waals surface area contributed by atoms with Gasteiger partial charge in [0.15, 0.2) is 0 Å². The fourth-order valence-corrected chi connectivity index (χ4v) is 2.68. The first-order chi connectivity index (χ1) is 10.2. The molecule has 0 fully saturated rings. The van der Waals surface area contributed by atoms with Gasteiger partial charge in [0.05, 0.1) is 13.7 Å². The molecule has 2 aromatic rings. The highest BCUT2D eigenvalue weighted by Crippen LogP contribution is 2.25. The Bertz CT molecular complexity index is 580. The predicted octanol–water partition coefficient (Wildman–Crippen LogP) is 4.26. The second kappa shape index (κ2) is 7.53. The summed E-state index contributed by atoms with van der Waals surface area (Å²) in [4.78, 5) is 0. The lowest BCUT2D eigenvalue weighted by Gasteiger charge is -2.18. The van der Waals surface area contributed by atoms with Crippen molar-refractivity contribution in [1.82, 2.24) is 9.88 Å². The van der Waals surface area contributed by atoms with Crippen molar-refractivity contribution >= 4 is 11.6 Å². The van der Waals surface area contributed by atoms with Crippen LogP contribution < -0.4 is 10.1 Å². The van der Waals surface area contributed by atoms with E-state index in [-0.39, 0.29) is 0 Å². The lowest BCUT2D eigenvalue weighted by Crippen LogP contribution is -2.22. The van der Waals surface area contributed by atoms with Gasteiger partial charge in [0.25, 0.3) is 0 Å². The van der Waals surface area contributed by atoms with Gasteiger partial charge < -0.3 is 14.6 Å². The molecule has 21 heavy (non-hydrogen) atoms. The summed E-state index contributed by atoms with van der Waals surface area (Å²) in [6, 6.07) is 10.3. The molecule has 4 heteroatoms. The normalized spacial score (nSPS) is 12.4. The van der Waals surface area contributed by atoms with Gasteiger partial charge in [-0.2, -0.15) is 0 Å². The number of benzene rings is 1. The molecular formula is C17H23ClN2O.